The second-order valence-electron chi connectivity index (χ2n) is 4.68. The molecule has 0 radical (unpaired) electrons. The van der Waals surface area contributed by atoms with Crippen LogP contribution < -0.4 is 4.90 Å². The fourth-order valence-corrected chi connectivity index (χ4v) is 3.20. The van der Waals surface area contributed by atoms with E-state index >= 15 is 0 Å². The molecule has 0 saturated carbocycles. The molecule has 3 nitrogen and oxygen atoms in total. The smallest absolute Gasteiger partial charge is 0.147 e. The van der Waals surface area contributed by atoms with Crippen LogP contribution in [0.3, 0.4) is 0 Å². The predicted octanol–water partition coefficient (Wildman–Crippen LogP) is 3.76. The first-order valence-electron chi connectivity index (χ1n) is 6.14. The molecular formula is C14H13BrClN3. The molecule has 1 aliphatic rings. The molecule has 1 aliphatic heterocycles. The van der Waals surface area contributed by atoms with E-state index in [9.17, 15) is 0 Å². The minimum absolute atomic E-state index is 0.783. The van der Waals surface area contributed by atoms with Gasteiger partial charge in [0, 0.05) is 28.8 Å². The molecule has 0 N–H and O–H groups in total. The van der Waals surface area contributed by atoms with Crippen LogP contribution in [0, 0.1) is 6.92 Å². The highest BCUT2D eigenvalue weighted by Crippen LogP contribution is 2.33. The number of benzene rings is 1. The van der Waals surface area contributed by atoms with Gasteiger partial charge in [-0.3, -0.25) is 4.98 Å². The number of fused-ring (bicyclic) bond motifs is 1. The molecule has 19 heavy (non-hydrogen) atoms. The Kier molecular flexibility index (Phi) is 3.46. The van der Waals surface area contributed by atoms with Crippen LogP contribution in [-0.2, 0) is 13.0 Å². The fourth-order valence-electron chi connectivity index (χ4n) is 2.39. The summed E-state index contributed by atoms with van der Waals surface area (Å²) < 4.78 is 1.14. The molecule has 0 bridgehead atoms. The van der Waals surface area contributed by atoms with Gasteiger partial charge in [-0.2, -0.15) is 0 Å². The average Bonchev–Trinajstić information content (AvgIpc) is 2.43. The molecule has 0 fully saturated rings. The zero-order valence-corrected chi connectivity index (χ0v) is 12.9. The number of anilines is 1. The lowest BCUT2D eigenvalue weighted by molar-refractivity contribution is 0.714. The lowest BCUT2D eigenvalue weighted by Gasteiger charge is -2.30. The summed E-state index contributed by atoms with van der Waals surface area (Å²) in [6.45, 7) is 3.67. The molecule has 2 heterocycles. The molecule has 0 spiro atoms. The van der Waals surface area contributed by atoms with Crippen LogP contribution in [0.4, 0.5) is 5.82 Å². The van der Waals surface area contributed by atoms with Crippen LogP contribution in [-0.4, -0.2) is 16.5 Å². The quantitative estimate of drug-likeness (QED) is 0.792. The van der Waals surface area contributed by atoms with Gasteiger partial charge in [-0.25, -0.2) is 4.98 Å². The van der Waals surface area contributed by atoms with E-state index in [1.54, 1.807) is 6.20 Å². The van der Waals surface area contributed by atoms with Crippen molar-refractivity contribution in [3.63, 3.8) is 0 Å². The Morgan fingerprint density at radius 1 is 1.26 bits per heavy atom. The molecule has 0 amide bonds. The first-order chi connectivity index (χ1) is 9.15. The van der Waals surface area contributed by atoms with E-state index in [0.29, 0.717) is 0 Å². The normalized spacial score (nSPS) is 14.4. The van der Waals surface area contributed by atoms with E-state index < -0.39 is 0 Å². The van der Waals surface area contributed by atoms with E-state index in [-0.39, 0.29) is 0 Å². The molecule has 5 heteroatoms. The highest BCUT2D eigenvalue weighted by atomic mass is 79.9. The third-order valence-electron chi connectivity index (χ3n) is 3.36. The first-order valence-corrected chi connectivity index (χ1v) is 7.31. The van der Waals surface area contributed by atoms with Crippen LogP contribution >= 0.6 is 27.5 Å². The Morgan fingerprint density at radius 2 is 2.11 bits per heavy atom. The van der Waals surface area contributed by atoms with Gasteiger partial charge in [0.05, 0.1) is 11.9 Å². The lowest BCUT2D eigenvalue weighted by Crippen LogP contribution is -2.31. The highest BCUT2D eigenvalue weighted by Gasteiger charge is 2.21. The Morgan fingerprint density at radius 3 is 2.89 bits per heavy atom. The van der Waals surface area contributed by atoms with Crippen molar-refractivity contribution in [3.8, 4) is 0 Å². The van der Waals surface area contributed by atoms with Crippen molar-refractivity contribution >= 4 is 33.3 Å². The molecule has 3 rings (SSSR count). The van der Waals surface area contributed by atoms with Gasteiger partial charge >= 0.3 is 0 Å². The van der Waals surface area contributed by atoms with Gasteiger partial charge in [0.2, 0.25) is 0 Å². The summed E-state index contributed by atoms with van der Waals surface area (Å²) in [6, 6.07) is 3.96. The SMILES string of the molecule is Cc1cncc(N2CCc3c(Br)ccc(Cl)c3C2)n1. The molecule has 98 valence electrons. The monoisotopic (exact) mass is 337 g/mol. The number of hydrogen-bond donors (Lipinski definition) is 0. The van der Waals surface area contributed by atoms with E-state index in [1.807, 2.05) is 25.3 Å². The molecular weight excluding hydrogens is 326 g/mol. The zero-order chi connectivity index (χ0) is 13.4. The third kappa shape index (κ3) is 2.47. The second kappa shape index (κ2) is 5.10. The van der Waals surface area contributed by atoms with Crippen molar-refractivity contribution in [3.05, 3.63) is 50.8 Å². The number of aryl methyl sites for hydroxylation is 1. The zero-order valence-electron chi connectivity index (χ0n) is 10.5. The van der Waals surface area contributed by atoms with Crippen LogP contribution in [0.5, 0.6) is 0 Å². The summed E-state index contributed by atoms with van der Waals surface area (Å²) >= 11 is 9.91. The van der Waals surface area contributed by atoms with Crippen molar-refractivity contribution in [1.82, 2.24) is 9.97 Å². The Bertz CT molecular complexity index is 630. The van der Waals surface area contributed by atoms with Gasteiger partial charge < -0.3 is 4.90 Å². The van der Waals surface area contributed by atoms with Gasteiger partial charge in [-0.15, -0.1) is 0 Å². The number of halogens is 2. The van der Waals surface area contributed by atoms with E-state index in [2.05, 4.69) is 30.8 Å². The van der Waals surface area contributed by atoms with E-state index in [0.717, 1.165) is 40.5 Å². The number of rotatable bonds is 1. The Hall–Kier alpha value is -1.13. The Balaban J connectivity index is 1.96. The maximum atomic E-state index is 6.31. The minimum Gasteiger partial charge on any atom is -0.351 e. The predicted molar refractivity (Wildman–Crippen MR) is 80.7 cm³/mol. The molecule has 0 saturated heterocycles. The van der Waals surface area contributed by atoms with Crippen molar-refractivity contribution in [2.45, 2.75) is 19.9 Å². The number of hydrogen-bond acceptors (Lipinski definition) is 3. The average molecular weight is 339 g/mol. The van der Waals surface area contributed by atoms with Crippen LogP contribution in [0.15, 0.2) is 29.0 Å². The topological polar surface area (TPSA) is 29.0 Å². The lowest BCUT2D eigenvalue weighted by atomic mass is 10.00. The van der Waals surface area contributed by atoms with Crippen LogP contribution in [0.25, 0.3) is 0 Å². The van der Waals surface area contributed by atoms with Gasteiger partial charge in [0.25, 0.3) is 0 Å². The maximum Gasteiger partial charge on any atom is 0.147 e. The summed E-state index contributed by atoms with van der Waals surface area (Å²) in [4.78, 5) is 11.0. The summed E-state index contributed by atoms with van der Waals surface area (Å²) in [5.74, 6) is 0.918. The van der Waals surface area contributed by atoms with E-state index in [1.165, 1.54) is 11.1 Å². The molecule has 2 aromatic rings. The summed E-state index contributed by atoms with van der Waals surface area (Å²) in [6.07, 6.45) is 4.54. The van der Waals surface area contributed by atoms with Crippen molar-refractivity contribution < 1.29 is 0 Å². The van der Waals surface area contributed by atoms with Gasteiger partial charge in [0.15, 0.2) is 0 Å². The first kappa shape index (κ1) is 12.9. The minimum atomic E-state index is 0.783. The molecule has 0 unspecified atom stereocenters. The van der Waals surface area contributed by atoms with Crippen molar-refractivity contribution in [1.29, 1.82) is 0 Å². The van der Waals surface area contributed by atoms with E-state index in [4.69, 9.17) is 11.6 Å². The second-order valence-corrected chi connectivity index (χ2v) is 5.94. The Labute approximate surface area is 125 Å². The van der Waals surface area contributed by atoms with Gasteiger partial charge in [0.1, 0.15) is 5.82 Å². The molecule has 1 aromatic heterocycles. The van der Waals surface area contributed by atoms with Gasteiger partial charge in [-0.05, 0) is 36.6 Å². The standard InChI is InChI=1S/C14H13BrClN3/c1-9-6-17-7-14(18-9)19-5-4-10-11(8-19)13(16)3-2-12(10)15/h2-3,6-7H,4-5,8H2,1H3. The number of aromatic nitrogens is 2. The summed E-state index contributed by atoms with van der Waals surface area (Å²) in [5.41, 5.74) is 3.43. The molecule has 0 atom stereocenters. The highest BCUT2D eigenvalue weighted by molar-refractivity contribution is 9.10. The van der Waals surface area contributed by atoms with Gasteiger partial charge in [-0.1, -0.05) is 27.5 Å². The largest absolute Gasteiger partial charge is 0.351 e. The number of nitrogens with zero attached hydrogens (tertiary/aromatic N) is 3. The molecule has 1 aromatic carbocycles. The van der Waals surface area contributed by atoms with Crippen LogP contribution in [0.1, 0.15) is 16.8 Å². The van der Waals surface area contributed by atoms with Crippen molar-refractivity contribution in [2.24, 2.45) is 0 Å². The fraction of sp³-hybridized carbons (Fsp3) is 0.286. The van der Waals surface area contributed by atoms with Crippen molar-refractivity contribution in [2.75, 3.05) is 11.4 Å². The molecule has 0 aliphatic carbocycles. The third-order valence-corrected chi connectivity index (χ3v) is 4.46. The maximum absolute atomic E-state index is 6.31. The summed E-state index contributed by atoms with van der Waals surface area (Å²) in [5, 5.41) is 0.823. The van der Waals surface area contributed by atoms with Crippen LogP contribution in [0.2, 0.25) is 5.02 Å². The summed E-state index contributed by atoms with van der Waals surface area (Å²) in [7, 11) is 0.